The minimum atomic E-state index is 0.0811. The minimum absolute atomic E-state index is 0.0811. The second-order valence-corrected chi connectivity index (χ2v) is 5.76. The van der Waals surface area contributed by atoms with Crippen LogP contribution in [0.5, 0.6) is 0 Å². The average Bonchev–Trinajstić information content (AvgIpc) is 3.25. The molecule has 0 aromatic carbocycles. The van der Waals surface area contributed by atoms with Crippen LogP contribution in [-0.4, -0.2) is 43.8 Å². The van der Waals surface area contributed by atoms with E-state index in [0.717, 1.165) is 44.7 Å². The van der Waals surface area contributed by atoms with E-state index >= 15 is 0 Å². The van der Waals surface area contributed by atoms with Crippen molar-refractivity contribution in [2.24, 2.45) is 5.92 Å². The van der Waals surface area contributed by atoms with Crippen LogP contribution in [0.3, 0.4) is 0 Å². The number of amides is 1. The molecule has 0 aliphatic carbocycles. The number of hydrogen-bond acceptors (Lipinski definition) is 5. The molecule has 1 amide bonds. The first-order valence-corrected chi connectivity index (χ1v) is 7.76. The number of carbonyl (C=O) groups is 1. The summed E-state index contributed by atoms with van der Waals surface area (Å²) >= 11 is 0. The Hall–Kier alpha value is -2.18. The Morgan fingerprint density at radius 2 is 2.36 bits per heavy atom. The molecule has 1 saturated heterocycles. The van der Waals surface area contributed by atoms with Gasteiger partial charge < -0.3 is 9.42 Å². The third-order valence-corrected chi connectivity index (χ3v) is 4.12. The first-order valence-electron chi connectivity index (χ1n) is 7.76. The number of rotatable bonds is 5. The largest absolute Gasteiger partial charge is 0.340 e. The maximum absolute atomic E-state index is 12.4. The lowest BCUT2D eigenvalue weighted by Gasteiger charge is -2.15. The van der Waals surface area contributed by atoms with Gasteiger partial charge in [0.15, 0.2) is 5.82 Å². The van der Waals surface area contributed by atoms with E-state index in [-0.39, 0.29) is 5.91 Å². The predicted octanol–water partition coefficient (Wildman–Crippen LogP) is 1.69. The van der Waals surface area contributed by atoms with Gasteiger partial charge >= 0.3 is 0 Å². The lowest BCUT2D eigenvalue weighted by atomic mass is 10.0. The van der Waals surface area contributed by atoms with E-state index in [2.05, 4.69) is 15.2 Å². The Labute approximate surface area is 129 Å². The zero-order chi connectivity index (χ0) is 15.5. The number of aromatic nitrogens is 4. The summed E-state index contributed by atoms with van der Waals surface area (Å²) in [6.07, 6.45) is 6.29. The topological polar surface area (TPSA) is 77.0 Å². The number of hydrogen-bond donors (Lipinski definition) is 0. The average molecular weight is 303 g/mol. The monoisotopic (exact) mass is 303 g/mol. The molecule has 118 valence electrons. The van der Waals surface area contributed by atoms with E-state index in [0.29, 0.717) is 17.4 Å². The summed E-state index contributed by atoms with van der Waals surface area (Å²) in [6, 6.07) is 0. The van der Waals surface area contributed by atoms with Crippen molar-refractivity contribution in [3.63, 3.8) is 0 Å². The molecule has 3 heterocycles. The van der Waals surface area contributed by atoms with Crippen LogP contribution in [0.2, 0.25) is 0 Å². The molecule has 7 heteroatoms. The fourth-order valence-electron chi connectivity index (χ4n) is 2.86. The van der Waals surface area contributed by atoms with Crippen molar-refractivity contribution in [1.82, 2.24) is 24.8 Å². The highest BCUT2D eigenvalue weighted by Crippen LogP contribution is 2.22. The summed E-state index contributed by atoms with van der Waals surface area (Å²) in [6.45, 7) is 6.19. The number of aryl methyl sites for hydroxylation is 3. The molecule has 1 aliphatic heterocycles. The van der Waals surface area contributed by atoms with Crippen molar-refractivity contribution in [2.75, 3.05) is 13.1 Å². The Morgan fingerprint density at radius 1 is 1.50 bits per heavy atom. The summed E-state index contributed by atoms with van der Waals surface area (Å²) in [4.78, 5) is 18.6. The number of nitrogens with zero attached hydrogens (tertiary/aromatic N) is 5. The van der Waals surface area contributed by atoms with E-state index < -0.39 is 0 Å². The van der Waals surface area contributed by atoms with Crippen LogP contribution in [0.25, 0.3) is 0 Å². The fourth-order valence-corrected chi connectivity index (χ4v) is 2.86. The van der Waals surface area contributed by atoms with Crippen molar-refractivity contribution in [1.29, 1.82) is 0 Å². The SMILES string of the molecule is CCn1cc(C(=O)N2CCC(CCc3noc(C)n3)C2)cn1. The molecule has 1 fully saturated rings. The zero-order valence-electron chi connectivity index (χ0n) is 13.0. The van der Waals surface area contributed by atoms with Gasteiger partial charge in [0, 0.05) is 39.2 Å². The van der Waals surface area contributed by atoms with Gasteiger partial charge in [0.1, 0.15) is 0 Å². The molecule has 0 spiro atoms. The molecule has 1 atom stereocenters. The van der Waals surface area contributed by atoms with Gasteiger partial charge in [-0.1, -0.05) is 5.16 Å². The molecule has 7 nitrogen and oxygen atoms in total. The first kappa shape index (κ1) is 14.7. The molecule has 0 saturated carbocycles. The standard InChI is InChI=1S/C15H21N5O2/c1-3-20-10-13(8-16-20)15(21)19-7-6-12(9-19)4-5-14-17-11(2)22-18-14/h8,10,12H,3-7,9H2,1-2H3. The number of likely N-dealkylation sites (tertiary alicyclic amines) is 1. The highest BCUT2D eigenvalue weighted by atomic mass is 16.5. The zero-order valence-corrected chi connectivity index (χ0v) is 13.0. The molecule has 0 radical (unpaired) electrons. The van der Waals surface area contributed by atoms with Crippen LogP contribution in [0.1, 0.15) is 41.8 Å². The van der Waals surface area contributed by atoms with Gasteiger partial charge in [-0.2, -0.15) is 10.1 Å². The van der Waals surface area contributed by atoms with Crippen LogP contribution in [0.15, 0.2) is 16.9 Å². The van der Waals surface area contributed by atoms with E-state index in [1.54, 1.807) is 17.8 Å². The second kappa shape index (κ2) is 6.29. The molecule has 1 unspecified atom stereocenters. The molecule has 2 aromatic heterocycles. The molecular weight excluding hydrogens is 282 g/mol. The maximum atomic E-state index is 12.4. The Kier molecular flexibility index (Phi) is 4.22. The van der Waals surface area contributed by atoms with Crippen LogP contribution in [0, 0.1) is 12.8 Å². The minimum Gasteiger partial charge on any atom is -0.340 e. The van der Waals surface area contributed by atoms with E-state index in [1.807, 2.05) is 18.0 Å². The molecule has 3 rings (SSSR count). The van der Waals surface area contributed by atoms with Gasteiger partial charge in [-0.05, 0) is 25.7 Å². The van der Waals surface area contributed by atoms with Gasteiger partial charge in [0.05, 0.1) is 11.8 Å². The molecule has 0 N–H and O–H groups in total. The fraction of sp³-hybridized carbons (Fsp3) is 0.600. The number of carbonyl (C=O) groups excluding carboxylic acids is 1. The van der Waals surface area contributed by atoms with E-state index in [9.17, 15) is 4.79 Å². The third kappa shape index (κ3) is 3.18. The van der Waals surface area contributed by atoms with Crippen molar-refractivity contribution in [2.45, 2.75) is 39.7 Å². The summed E-state index contributed by atoms with van der Waals surface area (Å²) in [5.41, 5.74) is 0.677. The summed E-state index contributed by atoms with van der Waals surface area (Å²) in [5, 5.41) is 8.08. The molecule has 22 heavy (non-hydrogen) atoms. The van der Waals surface area contributed by atoms with Gasteiger partial charge in [-0.3, -0.25) is 9.48 Å². The summed E-state index contributed by atoms with van der Waals surface area (Å²) in [5.74, 6) is 1.94. The van der Waals surface area contributed by atoms with Crippen LogP contribution in [-0.2, 0) is 13.0 Å². The Balaban J connectivity index is 1.52. The van der Waals surface area contributed by atoms with Crippen molar-refractivity contribution in [3.8, 4) is 0 Å². The Morgan fingerprint density at radius 3 is 3.05 bits per heavy atom. The third-order valence-electron chi connectivity index (χ3n) is 4.12. The van der Waals surface area contributed by atoms with E-state index in [4.69, 9.17) is 4.52 Å². The van der Waals surface area contributed by atoms with Gasteiger partial charge in [0.25, 0.3) is 5.91 Å². The highest BCUT2D eigenvalue weighted by Gasteiger charge is 2.27. The van der Waals surface area contributed by atoms with Gasteiger partial charge in [0.2, 0.25) is 5.89 Å². The molecule has 1 aliphatic rings. The molecule has 2 aromatic rings. The summed E-state index contributed by atoms with van der Waals surface area (Å²) < 4.78 is 6.75. The maximum Gasteiger partial charge on any atom is 0.257 e. The quantitative estimate of drug-likeness (QED) is 0.840. The lowest BCUT2D eigenvalue weighted by Crippen LogP contribution is -2.28. The highest BCUT2D eigenvalue weighted by molar-refractivity contribution is 5.93. The second-order valence-electron chi connectivity index (χ2n) is 5.76. The normalized spacial score (nSPS) is 18.1. The predicted molar refractivity (Wildman–Crippen MR) is 79.3 cm³/mol. The van der Waals surface area contributed by atoms with Crippen molar-refractivity contribution >= 4 is 5.91 Å². The van der Waals surface area contributed by atoms with Gasteiger partial charge in [-0.15, -0.1) is 0 Å². The molecular formula is C15H21N5O2. The molecule has 0 bridgehead atoms. The first-order chi connectivity index (χ1) is 10.7. The van der Waals surface area contributed by atoms with E-state index in [1.165, 1.54) is 0 Å². The smallest absolute Gasteiger partial charge is 0.257 e. The lowest BCUT2D eigenvalue weighted by molar-refractivity contribution is 0.0786. The van der Waals surface area contributed by atoms with Crippen LogP contribution in [0.4, 0.5) is 0 Å². The Bertz CT molecular complexity index is 648. The van der Waals surface area contributed by atoms with Crippen molar-refractivity contribution < 1.29 is 9.32 Å². The summed E-state index contributed by atoms with van der Waals surface area (Å²) in [7, 11) is 0. The van der Waals surface area contributed by atoms with Crippen LogP contribution >= 0.6 is 0 Å². The van der Waals surface area contributed by atoms with Crippen LogP contribution < -0.4 is 0 Å². The van der Waals surface area contributed by atoms with Gasteiger partial charge in [-0.25, -0.2) is 0 Å². The van der Waals surface area contributed by atoms with Crippen molar-refractivity contribution in [3.05, 3.63) is 29.7 Å².